The van der Waals surface area contributed by atoms with Gasteiger partial charge in [-0.2, -0.15) is 8.78 Å². The third-order valence-electron chi connectivity index (χ3n) is 6.03. The molecule has 1 unspecified atom stereocenters. The SMILES string of the molecule is COC(C)(C)C#CC1=C(C(=O)NCC2CCCCC2)N(Cc2cccc(OC(F)F)c2)C(Cl)N1. The van der Waals surface area contributed by atoms with Gasteiger partial charge in [-0.15, -0.1) is 0 Å². The zero-order chi connectivity index (χ0) is 24.7. The predicted octanol–water partition coefficient (Wildman–Crippen LogP) is 4.55. The number of nitrogens with zero attached hydrogens (tertiary/aromatic N) is 1. The van der Waals surface area contributed by atoms with Gasteiger partial charge in [0, 0.05) is 20.2 Å². The van der Waals surface area contributed by atoms with E-state index in [9.17, 15) is 13.6 Å². The summed E-state index contributed by atoms with van der Waals surface area (Å²) in [5.74, 6) is 6.24. The molecule has 1 aliphatic heterocycles. The van der Waals surface area contributed by atoms with Gasteiger partial charge in [0.25, 0.3) is 5.91 Å². The van der Waals surface area contributed by atoms with Gasteiger partial charge in [0.15, 0.2) is 5.62 Å². The molecule has 3 rings (SSSR count). The average Bonchev–Trinajstić information content (AvgIpc) is 3.11. The highest BCUT2D eigenvalue weighted by Crippen LogP contribution is 2.28. The number of allylic oxidation sites excluding steroid dienone is 1. The van der Waals surface area contributed by atoms with Crippen LogP contribution >= 0.6 is 11.6 Å². The molecule has 34 heavy (non-hydrogen) atoms. The summed E-state index contributed by atoms with van der Waals surface area (Å²) in [6.45, 7) is 1.51. The summed E-state index contributed by atoms with van der Waals surface area (Å²) >= 11 is 6.56. The molecule has 1 atom stereocenters. The Labute approximate surface area is 205 Å². The summed E-state index contributed by atoms with van der Waals surface area (Å²) in [7, 11) is 1.56. The third-order valence-corrected chi connectivity index (χ3v) is 6.37. The highest BCUT2D eigenvalue weighted by molar-refractivity contribution is 6.21. The molecule has 1 fully saturated rings. The number of benzene rings is 1. The van der Waals surface area contributed by atoms with Crippen LogP contribution in [-0.4, -0.2) is 42.3 Å². The van der Waals surface area contributed by atoms with Crippen molar-refractivity contribution < 1.29 is 23.0 Å². The lowest BCUT2D eigenvalue weighted by Crippen LogP contribution is -2.38. The van der Waals surface area contributed by atoms with Crippen LogP contribution in [-0.2, 0) is 16.1 Å². The molecule has 2 N–H and O–H groups in total. The zero-order valence-corrected chi connectivity index (χ0v) is 20.6. The summed E-state index contributed by atoms with van der Waals surface area (Å²) in [5.41, 5.74) is -0.0875. The van der Waals surface area contributed by atoms with Crippen LogP contribution in [0.3, 0.4) is 0 Å². The number of hydrogen-bond acceptors (Lipinski definition) is 5. The average molecular weight is 496 g/mol. The molecule has 1 aliphatic carbocycles. The predicted molar refractivity (Wildman–Crippen MR) is 127 cm³/mol. The Morgan fingerprint density at radius 2 is 2.06 bits per heavy atom. The summed E-state index contributed by atoms with van der Waals surface area (Å²) in [6.07, 6.45) is 5.81. The lowest BCUT2D eigenvalue weighted by atomic mass is 9.89. The maximum absolute atomic E-state index is 13.3. The first kappa shape index (κ1) is 26.1. The molecule has 6 nitrogen and oxygen atoms in total. The maximum Gasteiger partial charge on any atom is 0.387 e. The number of amides is 1. The fraction of sp³-hybridized carbons (Fsp3) is 0.560. The second-order valence-electron chi connectivity index (χ2n) is 9.04. The van der Waals surface area contributed by atoms with Crippen LogP contribution in [0.25, 0.3) is 0 Å². The van der Waals surface area contributed by atoms with E-state index in [1.807, 2.05) is 13.8 Å². The van der Waals surface area contributed by atoms with E-state index in [1.54, 1.807) is 24.1 Å². The number of rotatable bonds is 8. The highest BCUT2D eigenvalue weighted by atomic mass is 35.5. The number of alkyl halides is 3. The van der Waals surface area contributed by atoms with Gasteiger partial charge in [-0.1, -0.05) is 48.9 Å². The molecule has 0 saturated heterocycles. The highest BCUT2D eigenvalue weighted by Gasteiger charge is 2.34. The van der Waals surface area contributed by atoms with Crippen molar-refractivity contribution in [2.45, 2.75) is 70.3 Å². The number of methoxy groups -OCH3 is 1. The molecule has 1 heterocycles. The number of nitrogens with one attached hydrogen (secondary N) is 2. The van der Waals surface area contributed by atoms with Crippen molar-refractivity contribution in [3.05, 3.63) is 41.2 Å². The first-order valence-electron chi connectivity index (χ1n) is 11.5. The Morgan fingerprint density at radius 3 is 2.74 bits per heavy atom. The van der Waals surface area contributed by atoms with Crippen molar-refractivity contribution in [1.29, 1.82) is 0 Å². The lowest BCUT2D eigenvalue weighted by molar-refractivity contribution is -0.119. The molecule has 1 aromatic carbocycles. The molecule has 1 saturated carbocycles. The standard InChI is InChI=1S/C25H32ClF2N3O3/c1-25(2,33-3)13-12-20-21(22(32)29-15-17-8-5-4-6-9-17)31(23(26)30-20)16-18-10-7-11-19(14-18)34-24(27)28/h7,10-11,14,17,23-24,30H,4-6,8-9,15-16H2,1-3H3,(H,29,32). The van der Waals surface area contributed by atoms with Crippen molar-refractivity contribution in [3.63, 3.8) is 0 Å². The molecular weight excluding hydrogens is 464 g/mol. The van der Waals surface area contributed by atoms with Gasteiger partial charge in [0.2, 0.25) is 0 Å². The van der Waals surface area contributed by atoms with Crippen LogP contribution in [0.5, 0.6) is 5.75 Å². The van der Waals surface area contributed by atoms with Gasteiger partial charge in [-0.3, -0.25) is 4.79 Å². The van der Waals surface area contributed by atoms with E-state index >= 15 is 0 Å². The molecular formula is C25H32ClF2N3O3. The van der Waals surface area contributed by atoms with E-state index in [0.29, 0.717) is 29.4 Å². The van der Waals surface area contributed by atoms with Crippen LogP contribution < -0.4 is 15.4 Å². The van der Waals surface area contributed by atoms with E-state index < -0.39 is 17.8 Å². The van der Waals surface area contributed by atoms with Crippen molar-refractivity contribution in [3.8, 4) is 17.6 Å². The minimum Gasteiger partial charge on any atom is -0.435 e. The Kier molecular flexibility index (Phi) is 9.03. The summed E-state index contributed by atoms with van der Waals surface area (Å²) in [6, 6.07) is 6.34. The van der Waals surface area contributed by atoms with Crippen LogP contribution in [0.1, 0.15) is 51.5 Å². The molecule has 1 aromatic rings. The summed E-state index contributed by atoms with van der Waals surface area (Å²) in [5, 5.41) is 6.12. The first-order chi connectivity index (χ1) is 16.2. The van der Waals surface area contributed by atoms with E-state index in [1.165, 1.54) is 31.4 Å². The topological polar surface area (TPSA) is 62.8 Å². The Hall–Kier alpha value is -2.50. The van der Waals surface area contributed by atoms with Crippen LogP contribution in [0, 0.1) is 17.8 Å². The van der Waals surface area contributed by atoms with Gasteiger partial charge in [0.05, 0.1) is 0 Å². The second-order valence-corrected chi connectivity index (χ2v) is 9.45. The van der Waals surface area contributed by atoms with Gasteiger partial charge in [-0.25, -0.2) is 0 Å². The van der Waals surface area contributed by atoms with E-state index in [4.69, 9.17) is 16.3 Å². The number of ether oxygens (including phenoxy) is 2. The van der Waals surface area contributed by atoms with Crippen molar-refractivity contribution >= 4 is 17.5 Å². The molecule has 0 radical (unpaired) electrons. The quantitative estimate of drug-likeness (QED) is 0.315. The maximum atomic E-state index is 13.3. The normalized spacial score (nSPS) is 19.0. The molecule has 0 bridgehead atoms. The van der Waals surface area contributed by atoms with Crippen LogP contribution in [0.4, 0.5) is 8.78 Å². The minimum absolute atomic E-state index is 0.0416. The molecule has 1 amide bonds. The largest absolute Gasteiger partial charge is 0.435 e. The second kappa shape index (κ2) is 11.8. The first-order valence-corrected chi connectivity index (χ1v) is 11.9. The molecule has 2 aliphatic rings. The van der Waals surface area contributed by atoms with Crippen molar-refractivity contribution in [2.24, 2.45) is 5.92 Å². The fourth-order valence-corrected chi connectivity index (χ4v) is 4.29. The molecule has 0 aromatic heterocycles. The number of carbonyl (C=O) groups excluding carboxylic acids is 1. The molecule has 0 spiro atoms. The number of carbonyl (C=O) groups is 1. The molecule has 9 heteroatoms. The number of halogens is 3. The van der Waals surface area contributed by atoms with E-state index in [-0.39, 0.29) is 18.2 Å². The zero-order valence-electron chi connectivity index (χ0n) is 19.8. The smallest absolute Gasteiger partial charge is 0.387 e. The van der Waals surface area contributed by atoms with Crippen LogP contribution in [0.2, 0.25) is 0 Å². The lowest BCUT2D eigenvalue weighted by Gasteiger charge is -2.26. The molecule has 186 valence electrons. The fourth-order valence-electron chi connectivity index (χ4n) is 4.01. The van der Waals surface area contributed by atoms with Gasteiger partial charge in [-0.05, 0) is 56.2 Å². The minimum atomic E-state index is -2.92. The third kappa shape index (κ3) is 7.25. The van der Waals surface area contributed by atoms with Gasteiger partial charge >= 0.3 is 6.61 Å². The van der Waals surface area contributed by atoms with Crippen molar-refractivity contribution in [2.75, 3.05) is 13.7 Å². The Morgan fingerprint density at radius 1 is 1.32 bits per heavy atom. The Bertz CT molecular complexity index is 952. The van der Waals surface area contributed by atoms with Gasteiger partial charge < -0.3 is 25.0 Å². The van der Waals surface area contributed by atoms with E-state index in [0.717, 1.165) is 12.8 Å². The number of hydrogen-bond donors (Lipinski definition) is 2. The summed E-state index contributed by atoms with van der Waals surface area (Å²) < 4.78 is 35.2. The van der Waals surface area contributed by atoms with E-state index in [2.05, 4.69) is 27.2 Å². The summed E-state index contributed by atoms with van der Waals surface area (Å²) in [4.78, 5) is 15.0. The van der Waals surface area contributed by atoms with Crippen molar-refractivity contribution in [1.82, 2.24) is 15.5 Å². The Balaban J connectivity index is 1.85. The monoisotopic (exact) mass is 495 g/mol. The van der Waals surface area contributed by atoms with Crippen LogP contribution in [0.15, 0.2) is 35.7 Å². The van der Waals surface area contributed by atoms with Gasteiger partial charge in [0.1, 0.15) is 22.7 Å².